The molecule has 4 aliphatic rings. The minimum absolute atomic E-state index is 0.0708. The molecular weight excluding hydrogens is 616 g/mol. The number of benzene rings is 2. The fourth-order valence-electron chi connectivity index (χ4n) is 9.49. The monoisotopic (exact) mass is 662 g/mol. The Labute approximate surface area is 288 Å². The lowest BCUT2D eigenvalue weighted by molar-refractivity contribution is -0.137. The van der Waals surface area contributed by atoms with Crippen molar-refractivity contribution in [2.24, 2.45) is 17.3 Å². The average molecular weight is 663 g/mol. The minimum atomic E-state index is -1.05. The molecule has 0 bridgehead atoms. The Kier molecular flexibility index (Phi) is 8.64. The summed E-state index contributed by atoms with van der Waals surface area (Å²) in [5.74, 6) is 3.81. The second-order valence-corrected chi connectivity index (χ2v) is 14.6. The van der Waals surface area contributed by atoms with Crippen LogP contribution in [0.15, 0.2) is 48.5 Å². The van der Waals surface area contributed by atoms with E-state index in [1.165, 1.54) is 16.0 Å². The number of carbonyl (C=O) groups excluding carboxylic acids is 3. The van der Waals surface area contributed by atoms with Gasteiger partial charge in [-0.15, -0.1) is 6.42 Å². The number of terminal acetylenes is 1. The molecule has 7 rings (SSSR count). The SMILES string of the molecule is C#C[C@]1(O)CCC2[C@@H]3CCc4cc(OC)c(N5CCN(C(=O)CN(CCC)C(=O)c6ccc7ccccc7n6)CC5=O)cc4C3CC[C@@]21C. The minimum Gasteiger partial charge on any atom is -0.495 e. The Hall–Kier alpha value is -4.42. The van der Waals surface area contributed by atoms with E-state index in [2.05, 4.69) is 30.0 Å². The van der Waals surface area contributed by atoms with Crippen LogP contribution in [0.3, 0.4) is 0 Å². The standard InChI is InChI=1S/C40H46N4O5/c1-5-19-43(38(47)33-14-12-26-9-7-8-10-32(26)41-33)24-36(45)42-20-21-44(37(46)25-42)34-23-30-27(22-35(34)49-4)11-13-29-28(30)15-17-39(3)31(29)16-18-40(39,48)6-2/h2,7-10,12,14,22-23,28-29,31,48H,5,11,13,15-21,24-25H2,1,3-4H3/t28?,29-,31?,39+,40+/m1/s1. The van der Waals surface area contributed by atoms with Crippen molar-refractivity contribution in [3.8, 4) is 18.1 Å². The van der Waals surface area contributed by atoms with Crippen molar-refractivity contribution in [3.05, 3.63) is 65.4 Å². The van der Waals surface area contributed by atoms with E-state index in [0.717, 1.165) is 48.7 Å². The summed E-state index contributed by atoms with van der Waals surface area (Å²) < 4.78 is 5.85. The third kappa shape index (κ3) is 5.54. The Morgan fingerprint density at radius 1 is 1.12 bits per heavy atom. The Morgan fingerprint density at radius 2 is 1.94 bits per heavy atom. The van der Waals surface area contributed by atoms with E-state index >= 15 is 0 Å². The quantitative estimate of drug-likeness (QED) is 0.350. The van der Waals surface area contributed by atoms with Gasteiger partial charge in [-0.05, 0) is 98.1 Å². The molecule has 1 aromatic heterocycles. The molecule has 2 aromatic carbocycles. The number of hydrogen-bond acceptors (Lipinski definition) is 6. The fraction of sp³-hybridized carbons (Fsp3) is 0.500. The number of aromatic nitrogens is 1. The molecule has 3 fully saturated rings. The van der Waals surface area contributed by atoms with Gasteiger partial charge in [0.25, 0.3) is 5.91 Å². The van der Waals surface area contributed by atoms with Crippen molar-refractivity contribution in [2.45, 2.75) is 70.3 Å². The number of pyridine rings is 1. The molecule has 3 amide bonds. The number of carbonyl (C=O) groups is 3. The van der Waals surface area contributed by atoms with E-state index in [-0.39, 0.29) is 36.2 Å². The van der Waals surface area contributed by atoms with Crippen molar-refractivity contribution in [1.82, 2.24) is 14.8 Å². The summed E-state index contributed by atoms with van der Waals surface area (Å²) in [4.78, 5) is 50.2. The number of nitrogens with zero attached hydrogens (tertiary/aromatic N) is 4. The van der Waals surface area contributed by atoms with Gasteiger partial charge in [0.15, 0.2) is 0 Å². The summed E-state index contributed by atoms with van der Waals surface area (Å²) in [6, 6.07) is 15.4. The van der Waals surface area contributed by atoms with Crippen molar-refractivity contribution in [3.63, 3.8) is 0 Å². The first kappa shape index (κ1) is 33.1. The lowest BCUT2D eigenvalue weighted by Gasteiger charge is -2.52. The van der Waals surface area contributed by atoms with E-state index in [4.69, 9.17) is 11.2 Å². The van der Waals surface area contributed by atoms with Crippen molar-refractivity contribution >= 4 is 34.3 Å². The molecule has 2 unspecified atom stereocenters. The van der Waals surface area contributed by atoms with Gasteiger partial charge in [0.05, 0.1) is 18.3 Å². The van der Waals surface area contributed by atoms with E-state index in [9.17, 15) is 19.5 Å². The van der Waals surface area contributed by atoms with Gasteiger partial charge in [0.1, 0.15) is 30.1 Å². The molecule has 9 nitrogen and oxygen atoms in total. The lowest BCUT2D eigenvalue weighted by atomic mass is 9.53. The molecule has 3 aromatic rings. The molecule has 9 heteroatoms. The van der Waals surface area contributed by atoms with Gasteiger partial charge in [-0.25, -0.2) is 4.98 Å². The van der Waals surface area contributed by atoms with Crippen LogP contribution in [-0.2, 0) is 16.0 Å². The maximum absolute atomic E-state index is 13.8. The number of amides is 3. The van der Waals surface area contributed by atoms with Gasteiger partial charge in [0.2, 0.25) is 11.8 Å². The maximum Gasteiger partial charge on any atom is 0.272 e. The fourth-order valence-corrected chi connectivity index (χ4v) is 9.49. The van der Waals surface area contributed by atoms with Crippen LogP contribution in [0.2, 0.25) is 0 Å². The average Bonchev–Trinajstić information content (AvgIpc) is 3.40. The number of fused-ring (bicyclic) bond motifs is 6. The van der Waals surface area contributed by atoms with Crippen LogP contribution in [0.5, 0.6) is 5.75 Å². The Balaban J connectivity index is 1.06. The summed E-state index contributed by atoms with van der Waals surface area (Å²) >= 11 is 0. The molecule has 1 N–H and O–H groups in total. The molecule has 256 valence electrons. The summed E-state index contributed by atoms with van der Waals surface area (Å²) in [5.41, 5.74) is 2.96. The molecule has 49 heavy (non-hydrogen) atoms. The first-order valence-corrected chi connectivity index (χ1v) is 17.7. The van der Waals surface area contributed by atoms with Gasteiger partial charge in [0, 0.05) is 30.4 Å². The molecule has 0 radical (unpaired) electrons. The van der Waals surface area contributed by atoms with Crippen molar-refractivity contribution in [1.29, 1.82) is 0 Å². The topological polar surface area (TPSA) is 103 Å². The highest BCUT2D eigenvalue weighted by Crippen LogP contribution is 2.64. The first-order valence-electron chi connectivity index (χ1n) is 17.7. The van der Waals surface area contributed by atoms with Gasteiger partial charge in [-0.1, -0.05) is 44.0 Å². The van der Waals surface area contributed by atoms with E-state index in [0.29, 0.717) is 61.7 Å². The molecule has 1 aliphatic heterocycles. The van der Waals surface area contributed by atoms with E-state index in [1.54, 1.807) is 23.0 Å². The normalized spacial score (nSPS) is 27.6. The largest absolute Gasteiger partial charge is 0.495 e. The highest BCUT2D eigenvalue weighted by molar-refractivity contribution is 6.01. The zero-order valence-corrected chi connectivity index (χ0v) is 28.8. The number of ether oxygens (including phenoxy) is 1. The van der Waals surface area contributed by atoms with Crippen molar-refractivity contribution in [2.75, 3.05) is 44.7 Å². The van der Waals surface area contributed by atoms with Gasteiger partial charge < -0.3 is 24.5 Å². The van der Waals surface area contributed by atoms with Gasteiger partial charge in [-0.3, -0.25) is 14.4 Å². The Morgan fingerprint density at radius 3 is 2.69 bits per heavy atom. The predicted molar refractivity (Wildman–Crippen MR) is 188 cm³/mol. The summed E-state index contributed by atoms with van der Waals surface area (Å²) in [6.07, 6.45) is 11.9. The first-order chi connectivity index (χ1) is 23.6. The number of para-hydroxylation sites is 1. The van der Waals surface area contributed by atoms with Crippen LogP contribution < -0.4 is 9.64 Å². The number of hydrogen-bond donors (Lipinski definition) is 1. The van der Waals surface area contributed by atoms with Crippen LogP contribution >= 0.6 is 0 Å². The number of anilines is 1. The second kappa shape index (κ2) is 12.8. The van der Waals surface area contributed by atoms with E-state index in [1.807, 2.05) is 37.3 Å². The van der Waals surface area contributed by atoms with Crippen LogP contribution in [0.25, 0.3) is 10.9 Å². The number of aryl methyl sites for hydroxylation is 1. The van der Waals surface area contributed by atoms with Gasteiger partial charge in [-0.2, -0.15) is 0 Å². The highest BCUT2D eigenvalue weighted by Gasteiger charge is 2.61. The van der Waals surface area contributed by atoms with Gasteiger partial charge >= 0.3 is 0 Å². The molecule has 1 saturated heterocycles. The second-order valence-electron chi connectivity index (χ2n) is 14.6. The molecule has 0 spiro atoms. The molecule has 5 atom stereocenters. The van der Waals surface area contributed by atoms with Crippen LogP contribution in [-0.4, -0.2) is 83.0 Å². The summed E-state index contributed by atoms with van der Waals surface area (Å²) in [6.45, 7) is 5.05. The molecule has 2 heterocycles. The number of piperazine rings is 1. The van der Waals surface area contributed by atoms with Crippen LogP contribution in [0.4, 0.5) is 5.69 Å². The zero-order valence-electron chi connectivity index (χ0n) is 28.8. The molecule has 3 aliphatic carbocycles. The third-order valence-electron chi connectivity index (χ3n) is 12.2. The summed E-state index contributed by atoms with van der Waals surface area (Å²) in [7, 11) is 1.63. The number of rotatable bonds is 7. The zero-order chi connectivity index (χ0) is 34.5. The number of methoxy groups -OCH3 is 1. The van der Waals surface area contributed by atoms with E-state index < -0.39 is 5.60 Å². The summed E-state index contributed by atoms with van der Waals surface area (Å²) in [5, 5.41) is 12.3. The Bertz CT molecular complexity index is 1850. The maximum atomic E-state index is 13.8. The highest BCUT2D eigenvalue weighted by atomic mass is 16.5. The smallest absolute Gasteiger partial charge is 0.272 e. The molecular formula is C40H46N4O5. The lowest BCUT2D eigenvalue weighted by Crippen LogP contribution is -2.55. The van der Waals surface area contributed by atoms with Crippen LogP contribution in [0, 0.1) is 29.6 Å². The predicted octanol–water partition coefficient (Wildman–Crippen LogP) is 5.19. The number of aliphatic hydroxyl groups is 1. The molecule has 2 saturated carbocycles. The van der Waals surface area contributed by atoms with Crippen molar-refractivity contribution < 1.29 is 24.2 Å². The van der Waals surface area contributed by atoms with Crippen LogP contribution in [0.1, 0.15) is 79.9 Å². The third-order valence-corrected chi connectivity index (χ3v) is 12.2.